The number of hydrogen-bond donors (Lipinski definition) is 0. The summed E-state index contributed by atoms with van der Waals surface area (Å²) in [5, 5.41) is 2.67. The summed E-state index contributed by atoms with van der Waals surface area (Å²) in [6.45, 7) is 1.90. The van der Waals surface area contributed by atoms with Gasteiger partial charge in [-0.15, -0.1) is 11.3 Å². The van der Waals surface area contributed by atoms with E-state index >= 15 is 0 Å². The number of thiazole rings is 1. The summed E-state index contributed by atoms with van der Waals surface area (Å²) >= 11 is 1.31. The summed E-state index contributed by atoms with van der Waals surface area (Å²) in [5.74, 6) is 0.708. The highest BCUT2D eigenvalue weighted by molar-refractivity contribution is 7.13. The molecule has 5 rings (SSSR count). The van der Waals surface area contributed by atoms with Gasteiger partial charge in [0.1, 0.15) is 23.1 Å². The molecule has 0 radical (unpaired) electrons. The Labute approximate surface area is 181 Å². The average molecular weight is 434 g/mol. The maximum Gasteiger partial charge on any atom is 0.297 e. The second-order valence-electron chi connectivity index (χ2n) is 7.17. The molecular formula is C23H18N2O5S. The molecule has 1 aliphatic heterocycles. The topological polar surface area (TPSA) is 81.9 Å². The molecule has 0 N–H and O–H groups in total. The Kier molecular flexibility index (Phi) is 4.51. The van der Waals surface area contributed by atoms with Gasteiger partial charge in [-0.1, -0.05) is 11.6 Å². The molecular weight excluding hydrogens is 416 g/mol. The minimum absolute atomic E-state index is 0.0198. The van der Waals surface area contributed by atoms with Gasteiger partial charge in [-0.2, -0.15) is 0 Å². The molecule has 156 valence electrons. The number of aromatic nitrogens is 1. The normalized spacial score (nSPS) is 15.4. The lowest BCUT2D eigenvalue weighted by molar-refractivity contribution is 0.0970. The zero-order chi connectivity index (χ0) is 21.7. The number of fused-ring (bicyclic) bond motifs is 2. The smallest absolute Gasteiger partial charge is 0.297 e. The molecule has 4 aromatic rings. The molecule has 0 saturated carbocycles. The first-order valence-electron chi connectivity index (χ1n) is 9.56. The third kappa shape index (κ3) is 2.90. The molecule has 0 fully saturated rings. The molecule has 2 aromatic heterocycles. The molecule has 8 heteroatoms. The van der Waals surface area contributed by atoms with Crippen LogP contribution >= 0.6 is 11.3 Å². The van der Waals surface area contributed by atoms with Crippen LogP contribution in [0.25, 0.3) is 11.0 Å². The predicted octanol–water partition coefficient (Wildman–Crippen LogP) is 4.32. The summed E-state index contributed by atoms with van der Waals surface area (Å²) in [6, 6.07) is 9.86. The van der Waals surface area contributed by atoms with Gasteiger partial charge < -0.3 is 13.9 Å². The molecule has 1 atom stereocenters. The highest BCUT2D eigenvalue weighted by Gasteiger charge is 2.46. The third-order valence-corrected chi connectivity index (χ3v) is 6.15. The summed E-state index contributed by atoms with van der Waals surface area (Å²) in [4.78, 5) is 32.9. The lowest BCUT2D eigenvalue weighted by Crippen LogP contribution is -2.29. The van der Waals surface area contributed by atoms with E-state index in [0.717, 1.165) is 5.56 Å². The molecule has 0 spiro atoms. The van der Waals surface area contributed by atoms with E-state index in [1.807, 2.05) is 13.0 Å². The summed E-state index contributed by atoms with van der Waals surface area (Å²) < 4.78 is 16.9. The number of anilines is 1. The van der Waals surface area contributed by atoms with Gasteiger partial charge in [0.25, 0.3) is 5.91 Å². The fourth-order valence-corrected chi connectivity index (χ4v) is 4.63. The van der Waals surface area contributed by atoms with Crippen LogP contribution < -0.4 is 19.8 Å². The van der Waals surface area contributed by atoms with Gasteiger partial charge in [0.15, 0.2) is 10.6 Å². The number of ether oxygens (including phenoxy) is 2. The standard InChI is InChI=1S/C23H18N2O5S/c1-12-4-6-17-15(10-12)20(26)18-19(14-11-13(28-2)5-7-16(14)29-3)25(22(27)21(18)30-17)23-24-8-9-31-23/h4-11,19H,1-3H3/t19-/m0/s1. The molecule has 7 nitrogen and oxygen atoms in total. The lowest BCUT2D eigenvalue weighted by Gasteiger charge is -2.24. The first-order chi connectivity index (χ1) is 15.0. The number of amides is 1. The minimum Gasteiger partial charge on any atom is -0.497 e. The monoisotopic (exact) mass is 434 g/mol. The van der Waals surface area contributed by atoms with Gasteiger partial charge in [0.2, 0.25) is 5.76 Å². The minimum atomic E-state index is -0.764. The number of carbonyl (C=O) groups excluding carboxylic acids is 1. The molecule has 0 saturated heterocycles. The van der Waals surface area contributed by atoms with Crippen molar-refractivity contribution in [3.05, 3.63) is 80.6 Å². The lowest BCUT2D eigenvalue weighted by atomic mass is 9.97. The third-order valence-electron chi connectivity index (χ3n) is 5.38. The average Bonchev–Trinajstić information content (AvgIpc) is 3.40. The van der Waals surface area contributed by atoms with E-state index in [1.54, 1.807) is 56.1 Å². The van der Waals surface area contributed by atoms with E-state index in [2.05, 4.69) is 4.98 Å². The molecule has 2 aromatic carbocycles. The first-order valence-corrected chi connectivity index (χ1v) is 10.4. The molecule has 0 aliphatic carbocycles. The molecule has 3 heterocycles. The van der Waals surface area contributed by atoms with Crippen molar-refractivity contribution < 1.29 is 18.7 Å². The van der Waals surface area contributed by atoms with Crippen LogP contribution in [0, 0.1) is 6.92 Å². The number of methoxy groups -OCH3 is 2. The number of hydrogen-bond acceptors (Lipinski definition) is 7. The Balaban J connectivity index is 1.86. The van der Waals surface area contributed by atoms with Crippen LogP contribution in [0.1, 0.15) is 33.3 Å². The first kappa shape index (κ1) is 19.3. The van der Waals surface area contributed by atoms with Crippen molar-refractivity contribution in [3.8, 4) is 11.5 Å². The second kappa shape index (κ2) is 7.24. The Morgan fingerprint density at radius 2 is 1.94 bits per heavy atom. The number of benzene rings is 2. The van der Waals surface area contributed by atoms with Gasteiger partial charge in [-0.05, 0) is 37.3 Å². The maximum atomic E-state index is 13.6. The Hall–Kier alpha value is -3.65. The van der Waals surface area contributed by atoms with Crippen LogP contribution in [0.4, 0.5) is 5.13 Å². The Bertz CT molecular complexity index is 1380. The Morgan fingerprint density at radius 1 is 1.10 bits per heavy atom. The molecule has 0 bridgehead atoms. The van der Waals surface area contributed by atoms with Crippen molar-refractivity contribution in [3.63, 3.8) is 0 Å². The van der Waals surface area contributed by atoms with E-state index in [4.69, 9.17) is 13.9 Å². The van der Waals surface area contributed by atoms with Crippen LogP contribution in [-0.4, -0.2) is 25.1 Å². The Morgan fingerprint density at radius 3 is 2.65 bits per heavy atom. The second-order valence-corrected chi connectivity index (χ2v) is 8.05. The van der Waals surface area contributed by atoms with Gasteiger partial charge in [0.05, 0.1) is 25.2 Å². The van der Waals surface area contributed by atoms with E-state index < -0.39 is 11.9 Å². The van der Waals surface area contributed by atoms with Crippen molar-refractivity contribution in [1.82, 2.24) is 4.98 Å². The highest BCUT2D eigenvalue weighted by Crippen LogP contribution is 2.45. The molecule has 1 amide bonds. The number of rotatable bonds is 4. The van der Waals surface area contributed by atoms with Crippen LogP contribution in [0.3, 0.4) is 0 Å². The van der Waals surface area contributed by atoms with Gasteiger partial charge in [0, 0.05) is 17.1 Å². The molecule has 0 unspecified atom stereocenters. The van der Waals surface area contributed by atoms with Gasteiger partial charge in [-0.3, -0.25) is 14.5 Å². The van der Waals surface area contributed by atoms with Crippen LogP contribution in [0.5, 0.6) is 11.5 Å². The van der Waals surface area contributed by atoms with E-state index in [9.17, 15) is 9.59 Å². The SMILES string of the molecule is COc1ccc(OC)c([C@H]2c3c(oc4ccc(C)cc4c3=O)C(=O)N2c2nccs2)c1. The van der Waals surface area contributed by atoms with E-state index in [1.165, 1.54) is 16.2 Å². The summed E-state index contributed by atoms with van der Waals surface area (Å²) in [6.07, 6.45) is 1.62. The van der Waals surface area contributed by atoms with E-state index in [0.29, 0.717) is 33.2 Å². The highest BCUT2D eigenvalue weighted by atomic mass is 32.1. The largest absolute Gasteiger partial charge is 0.497 e. The van der Waals surface area contributed by atoms with Crippen LogP contribution in [-0.2, 0) is 0 Å². The fraction of sp³-hybridized carbons (Fsp3) is 0.174. The summed E-state index contributed by atoms with van der Waals surface area (Å²) in [5.41, 5.74) is 1.94. The van der Waals surface area contributed by atoms with E-state index in [-0.39, 0.29) is 16.8 Å². The molecule has 1 aliphatic rings. The van der Waals surface area contributed by atoms with Crippen LogP contribution in [0.2, 0.25) is 0 Å². The number of nitrogens with zero attached hydrogens (tertiary/aromatic N) is 2. The summed E-state index contributed by atoms with van der Waals surface area (Å²) in [7, 11) is 3.10. The number of aryl methyl sites for hydroxylation is 1. The van der Waals surface area contributed by atoms with Gasteiger partial charge >= 0.3 is 0 Å². The molecule has 31 heavy (non-hydrogen) atoms. The van der Waals surface area contributed by atoms with Crippen molar-refractivity contribution >= 4 is 33.3 Å². The van der Waals surface area contributed by atoms with Crippen LogP contribution in [0.15, 0.2) is 57.2 Å². The zero-order valence-corrected chi connectivity index (χ0v) is 17.9. The van der Waals surface area contributed by atoms with Gasteiger partial charge in [-0.25, -0.2) is 4.98 Å². The van der Waals surface area contributed by atoms with Crippen molar-refractivity contribution in [1.29, 1.82) is 0 Å². The number of carbonyl (C=O) groups is 1. The zero-order valence-electron chi connectivity index (χ0n) is 17.0. The quantitative estimate of drug-likeness (QED) is 0.476. The van der Waals surface area contributed by atoms with Crippen molar-refractivity contribution in [2.45, 2.75) is 13.0 Å². The fourth-order valence-electron chi connectivity index (χ4n) is 3.97. The van der Waals surface area contributed by atoms with Crippen molar-refractivity contribution in [2.75, 3.05) is 19.1 Å². The maximum absolute atomic E-state index is 13.6. The van der Waals surface area contributed by atoms with Crippen molar-refractivity contribution in [2.24, 2.45) is 0 Å². The predicted molar refractivity (Wildman–Crippen MR) is 118 cm³/mol.